The second-order valence-corrected chi connectivity index (χ2v) is 7.58. The Balaban J connectivity index is 0.00000208. The molecule has 0 fully saturated rings. The fourth-order valence-electron chi connectivity index (χ4n) is 2.66. The van der Waals surface area contributed by atoms with E-state index >= 15 is 0 Å². The van der Waals surface area contributed by atoms with Gasteiger partial charge in [0.25, 0.3) is 0 Å². The molecule has 7 heteroatoms. The highest BCUT2D eigenvalue weighted by Crippen LogP contribution is 2.27. The monoisotopic (exact) mass is 367 g/mol. The number of para-hydroxylation sites is 1. The maximum Gasteiger partial charge on any atom is 0.232 e. The zero-order valence-corrected chi connectivity index (χ0v) is 15.1. The van der Waals surface area contributed by atoms with Crippen molar-refractivity contribution < 1.29 is 8.42 Å². The number of anilines is 3. The van der Waals surface area contributed by atoms with Gasteiger partial charge in [0.2, 0.25) is 10.0 Å². The number of nitrogens with one attached hydrogen (secondary N) is 3. The summed E-state index contributed by atoms with van der Waals surface area (Å²) in [7, 11) is -3.23. The Morgan fingerprint density at radius 3 is 2.50 bits per heavy atom. The molecular weight excluding hydrogens is 346 g/mol. The predicted molar refractivity (Wildman–Crippen MR) is 103 cm³/mol. The molecule has 2 aromatic rings. The number of sulfonamides is 1. The molecule has 1 aliphatic rings. The van der Waals surface area contributed by atoms with Crippen LogP contribution in [-0.2, 0) is 23.0 Å². The minimum atomic E-state index is -3.23. The van der Waals surface area contributed by atoms with Gasteiger partial charge in [0.1, 0.15) is 0 Å². The van der Waals surface area contributed by atoms with E-state index in [9.17, 15) is 8.42 Å². The summed E-state index contributed by atoms with van der Waals surface area (Å²) < 4.78 is 25.6. The SMILES string of the molecule is CCS(=O)(=O)Nc1ccc(NCc2cccc3c2NCC3)cc1.Cl. The molecule has 0 saturated heterocycles. The van der Waals surface area contributed by atoms with E-state index in [4.69, 9.17) is 0 Å². The largest absolute Gasteiger partial charge is 0.384 e. The van der Waals surface area contributed by atoms with E-state index in [2.05, 4.69) is 33.6 Å². The van der Waals surface area contributed by atoms with Crippen LogP contribution in [0.5, 0.6) is 0 Å². The van der Waals surface area contributed by atoms with Crippen LogP contribution in [0.3, 0.4) is 0 Å². The van der Waals surface area contributed by atoms with Crippen molar-refractivity contribution in [3.05, 3.63) is 53.6 Å². The van der Waals surface area contributed by atoms with Gasteiger partial charge < -0.3 is 10.6 Å². The summed E-state index contributed by atoms with van der Waals surface area (Å²) in [6.45, 7) is 3.35. The van der Waals surface area contributed by atoms with Crippen molar-refractivity contribution in [3.8, 4) is 0 Å². The van der Waals surface area contributed by atoms with E-state index in [0.717, 1.165) is 25.2 Å². The number of hydrogen-bond acceptors (Lipinski definition) is 4. The molecule has 0 unspecified atom stereocenters. The molecule has 5 nitrogen and oxygen atoms in total. The molecule has 0 saturated carbocycles. The summed E-state index contributed by atoms with van der Waals surface area (Å²) in [5, 5.41) is 6.81. The molecule has 0 radical (unpaired) electrons. The van der Waals surface area contributed by atoms with Crippen molar-refractivity contribution >= 4 is 39.5 Å². The molecule has 0 aliphatic carbocycles. The van der Waals surface area contributed by atoms with E-state index in [1.54, 1.807) is 19.1 Å². The van der Waals surface area contributed by atoms with Gasteiger partial charge in [-0.25, -0.2) is 8.42 Å². The first-order valence-electron chi connectivity index (χ1n) is 7.76. The van der Waals surface area contributed by atoms with Crippen LogP contribution in [0.4, 0.5) is 17.1 Å². The first-order chi connectivity index (χ1) is 11.1. The summed E-state index contributed by atoms with van der Waals surface area (Å²) >= 11 is 0. The van der Waals surface area contributed by atoms with Crippen LogP contribution in [0, 0.1) is 0 Å². The Hall–Kier alpha value is -1.92. The highest BCUT2D eigenvalue weighted by atomic mass is 35.5. The number of rotatable bonds is 6. The summed E-state index contributed by atoms with van der Waals surface area (Å²) in [6.07, 6.45) is 1.08. The zero-order chi connectivity index (χ0) is 16.3. The van der Waals surface area contributed by atoms with E-state index in [-0.39, 0.29) is 18.2 Å². The maximum absolute atomic E-state index is 11.5. The summed E-state index contributed by atoms with van der Waals surface area (Å²) in [4.78, 5) is 0. The minimum Gasteiger partial charge on any atom is -0.384 e. The first-order valence-corrected chi connectivity index (χ1v) is 9.42. The van der Waals surface area contributed by atoms with Gasteiger partial charge in [0, 0.05) is 30.2 Å². The van der Waals surface area contributed by atoms with Crippen molar-refractivity contribution in [2.45, 2.75) is 19.9 Å². The van der Waals surface area contributed by atoms with Crippen molar-refractivity contribution in [3.63, 3.8) is 0 Å². The number of hydrogen-bond donors (Lipinski definition) is 3. The Bertz CT molecular complexity index is 792. The molecule has 0 aromatic heterocycles. The topological polar surface area (TPSA) is 70.2 Å². The number of benzene rings is 2. The fraction of sp³-hybridized carbons (Fsp3) is 0.294. The van der Waals surface area contributed by atoms with Crippen molar-refractivity contribution in [1.82, 2.24) is 0 Å². The Labute approximate surface area is 149 Å². The van der Waals surface area contributed by atoms with Gasteiger partial charge in [0.05, 0.1) is 5.75 Å². The molecule has 3 N–H and O–H groups in total. The Morgan fingerprint density at radius 2 is 1.79 bits per heavy atom. The third-order valence-electron chi connectivity index (χ3n) is 3.95. The molecule has 130 valence electrons. The van der Waals surface area contributed by atoms with Gasteiger partial charge in [-0.1, -0.05) is 18.2 Å². The van der Waals surface area contributed by atoms with Gasteiger partial charge in [-0.3, -0.25) is 4.72 Å². The Kier molecular flexibility index (Phi) is 5.96. The highest BCUT2D eigenvalue weighted by Gasteiger charge is 2.13. The van der Waals surface area contributed by atoms with E-state index < -0.39 is 10.0 Å². The quantitative estimate of drug-likeness (QED) is 0.731. The van der Waals surface area contributed by atoms with Gasteiger partial charge in [-0.2, -0.15) is 0 Å². The third-order valence-corrected chi connectivity index (χ3v) is 5.26. The van der Waals surface area contributed by atoms with E-state index in [0.29, 0.717) is 5.69 Å². The average Bonchev–Trinajstić information content (AvgIpc) is 3.03. The van der Waals surface area contributed by atoms with Crippen molar-refractivity contribution in [2.75, 3.05) is 27.7 Å². The minimum absolute atomic E-state index is 0. The molecule has 0 amide bonds. The second kappa shape index (κ2) is 7.77. The van der Waals surface area contributed by atoms with Crippen molar-refractivity contribution in [1.29, 1.82) is 0 Å². The van der Waals surface area contributed by atoms with E-state index in [1.165, 1.54) is 16.8 Å². The molecule has 24 heavy (non-hydrogen) atoms. The lowest BCUT2D eigenvalue weighted by molar-refractivity contribution is 0.602. The fourth-order valence-corrected chi connectivity index (χ4v) is 3.30. The smallest absolute Gasteiger partial charge is 0.232 e. The highest BCUT2D eigenvalue weighted by molar-refractivity contribution is 7.92. The lowest BCUT2D eigenvalue weighted by Gasteiger charge is -2.12. The summed E-state index contributed by atoms with van der Waals surface area (Å²) in [6, 6.07) is 13.7. The molecule has 0 spiro atoms. The lowest BCUT2D eigenvalue weighted by atomic mass is 10.1. The lowest BCUT2D eigenvalue weighted by Crippen LogP contribution is -2.14. The van der Waals surface area contributed by atoms with Crippen LogP contribution in [0.1, 0.15) is 18.1 Å². The van der Waals surface area contributed by atoms with Gasteiger partial charge in [-0.15, -0.1) is 12.4 Å². The first kappa shape index (κ1) is 18.4. The van der Waals surface area contributed by atoms with Crippen LogP contribution in [0.25, 0.3) is 0 Å². The molecule has 0 bridgehead atoms. The summed E-state index contributed by atoms with van der Waals surface area (Å²) in [5.74, 6) is 0.0686. The molecule has 0 atom stereocenters. The van der Waals surface area contributed by atoms with Gasteiger partial charge >= 0.3 is 0 Å². The van der Waals surface area contributed by atoms with Crippen LogP contribution >= 0.6 is 12.4 Å². The average molecular weight is 368 g/mol. The number of halogens is 1. The van der Waals surface area contributed by atoms with E-state index in [1.807, 2.05) is 12.1 Å². The van der Waals surface area contributed by atoms with Gasteiger partial charge in [-0.05, 0) is 48.7 Å². The molecule has 3 rings (SSSR count). The van der Waals surface area contributed by atoms with Crippen molar-refractivity contribution in [2.24, 2.45) is 0 Å². The van der Waals surface area contributed by atoms with Crippen LogP contribution < -0.4 is 15.4 Å². The molecule has 1 heterocycles. The molecule has 2 aromatic carbocycles. The standard InChI is InChI=1S/C17H21N3O2S.ClH/c1-2-23(21,22)20-16-8-6-15(7-9-16)19-12-14-5-3-4-13-10-11-18-17(13)14;/h3-9,18-20H,2,10-12H2,1H3;1H. The normalized spacial score (nSPS) is 12.7. The Morgan fingerprint density at radius 1 is 1.08 bits per heavy atom. The van der Waals surface area contributed by atoms with Gasteiger partial charge in [0.15, 0.2) is 0 Å². The molecular formula is C17H22ClN3O2S. The molecule has 1 aliphatic heterocycles. The maximum atomic E-state index is 11.5. The third kappa shape index (κ3) is 4.33. The van der Waals surface area contributed by atoms with Crippen LogP contribution in [0.2, 0.25) is 0 Å². The van der Waals surface area contributed by atoms with Crippen LogP contribution in [0.15, 0.2) is 42.5 Å². The number of fused-ring (bicyclic) bond motifs is 1. The van der Waals surface area contributed by atoms with Crippen LogP contribution in [-0.4, -0.2) is 20.7 Å². The predicted octanol–water partition coefficient (Wildman–Crippen LogP) is 3.45. The summed E-state index contributed by atoms with van der Waals surface area (Å²) in [5.41, 5.74) is 5.40. The second-order valence-electron chi connectivity index (χ2n) is 5.56. The zero-order valence-electron chi connectivity index (χ0n) is 13.5.